The molecule has 5 nitrogen and oxygen atoms in total. The number of aryl methyl sites for hydroxylation is 1. The molecule has 0 N–H and O–H groups in total. The predicted octanol–water partition coefficient (Wildman–Crippen LogP) is 3.61. The third-order valence-electron chi connectivity index (χ3n) is 3.36. The Labute approximate surface area is 135 Å². The molecule has 5 heteroatoms. The SMILES string of the molecule is COc1ccc(-c2cc(C)cc(OC)c2OC(C)=O)c(OC)c1. The summed E-state index contributed by atoms with van der Waals surface area (Å²) in [5.41, 5.74) is 2.48. The summed E-state index contributed by atoms with van der Waals surface area (Å²) in [4.78, 5) is 11.5. The van der Waals surface area contributed by atoms with Crippen LogP contribution in [0.5, 0.6) is 23.0 Å². The van der Waals surface area contributed by atoms with Gasteiger partial charge in [0.2, 0.25) is 0 Å². The molecule has 122 valence electrons. The van der Waals surface area contributed by atoms with Gasteiger partial charge in [-0.05, 0) is 36.8 Å². The first-order valence-corrected chi connectivity index (χ1v) is 7.09. The summed E-state index contributed by atoms with van der Waals surface area (Å²) in [5.74, 6) is 1.74. The molecule has 0 aliphatic heterocycles. The summed E-state index contributed by atoms with van der Waals surface area (Å²) in [7, 11) is 4.71. The van der Waals surface area contributed by atoms with E-state index >= 15 is 0 Å². The molecule has 0 aliphatic rings. The third-order valence-corrected chi connectivity index (χ3v) is 3.36. The Morgan fingerprint density at radius 2 is 1.57 bits per heavy atom. The van der Waals surface area contributed by atoms with E-state index in [0.717, 1.165) is 16.7 Å². The van der Waals surface area contributed by atoms with E-state index in [1.165, 1.54) is 14.0 Å². The number of hydrogen-bond donors (Lipinski definition) is 0. The normalized spacial score (nSPS) is 10.1. The van der Waals surface area contributed by atoms with Gasteiger partial charge in [-0.2, -0.15) is 0 Å². The molecule has 0 bridgehead atoms. The number of rotatable bonds is 5. The van der Waals surface area contributed by atoms with Gasteiger partial charge < -0.3 is 18.9 Å². The van der Waals surface area contributed by atoms with Gasteiger partial charge in [0.1, 0.15) is 11.5 Å². The van der Waals surface area contributed by atoms with Crippen LogP contribution in [0.15, 0.2) is 30.3 Å². The van der Waals surface area contributed by atoms with Gasteiger partial charge in [-0.1, -0.05) is 0 Å². The molecule has 0 radical (unpaired) electrons. The Hall–Kier alpha value is -2.69. The molecule has 0 heterocycles. The summed E-state index contributed by atoms with van der Waals surface area (Å²) in [6, 6.07) is 9.20. The lowest BCUT2D eigenvalue weighted by Crippen LogP contribution is -2.05. The zero-order valence-corrected chi connectivity index (χ0v) is 13.9. The van der Waals surface area contributed by atoms with Gasteiger partial charge in [-0.15, -0.1) is 0 Å². The van der Waals surface area contributed by atoms with Crippen LogP contribution in [0.25, 0.3) is 11.1 Å². The summed E-state index contributed by atoms with van der Waals surface area (Å²) in [5, 5.41) is 0. The summed E-state index contributed by atoms with van der Waals surface area (Å²) in [6.07, 6.45) is 0. The van der Waals surface area contributed by atoms with E-state index in [1.807, 2.05) is 31.2 Å². The molecule has 0 spiro atoms. The fourth-order valence-corrected chi connectivity index (χ4v) is 2.36. The van der Waals surface area contributed by atoms with Crippen molar-refractivity contribution in [1.29, 1.82) is 0 Å². The van der Waals surface area contributed by atoms with E-state index in [2.05, 4.69) is 0 Å². The average molecular weight is 316 g/mol. The molecule has 2 aromatic carbocycles. The van der Waals surface area contributed by atoms with Gasteiger partial charge >= 0.3 is 5.97 Å². The fraction of sp³-hybridized carbons (Fsp3) is 0.278. The second-order valence-corrected chi connectivity index (χ2v) is 5.00. The summed E-state index contributed by atoms with van der Waals surface area (Å²) < 4.78 is 21.4. The maximum Gasteiger partial charge on any atom is 0.308 e. The number of hydrogen-bond acceptors (Lipinski definition) is 5. The maximum atomic E-state index is 11.5. The minimum atomic E-state index is -0.416. The van der Waals surface area contributed by atoms with Crippen molar-refractivity contribution in [3.8, 4) is 34.1 Å². The van der Waals surface area contributed by atoms with E-state index in [1.54, 1.807) is 20.3 Å². The Balaban J connectivity index is 2.71. The Morgan fingerprint density at radius 1 is 0.870 bits per heavy atom. The van der Waals surface area contributed by atoms with E-state index in [9.17, 15) is 4.79 Å². The first kappa shape index (κ1) is 16.7. The minimum Gasteiger partial charge on any atom is -0.497 e. The van der Waals surface area contributed by atoms with Crippen molar-refractivity contribution in [2.45, 2.75) is 13.8 Å². The summed E-state index contributed by atoms with van der Waals surface area (Å²) in [6.45, 7) is 3.30. The van der Waals surface area contributed by atoms with E-state index < -0.39 is 5.97 Å². The number of methoxy groups -OCH3 is 3. The molecular formula is C18H20O5. The van der Waals surface area contributed by atoms with Crippen molar-refractivity contribution < 1.29 is 23.7 Å². The van der Waals surface area contributed by atoms with Crippen molar-refractivity contribution in [2.24, 2.45) is 0 Å². The Morgan fingerprint density at radius 3 is 2.13 bits per heavy atom. The minimum absolute atomic E-state index is 0.370. The first-order chi connectivity index (χ1) is 11.0. The molecular weight excluding hydrogens is 296 g/mol. The smallest absolute Gasteiger partial charge is 0.308 e. The van der Waals surface area contributed by atoms with Crippen LogP contribution in [0.3, 0.4) is 0 Å². The van der Waals surface area contributed by atoms with Crippen LogP contribution in [-0.2, 0) is 4.79 Å². The van der Waals surface area contributed by atoms with Gasteiger partial charge in [0.25, 0.3) is 0 Å². The van der Waals surface area contributed by atoms with Crippen molar-refractivity contribution in [1.82, 2.24) is 0 Å². The molecule has 0 atom stereocenters. The molecule has 0 fully saturated rings. The lowest BCUT2D eigenvalue weighted by Gasteiger charge is -2.17. The topological polar surface area (TPSA) is 54.0 Å². The highest BCUT2D eigenvalue weighted by Crippen LogP contribution is 2.43. The molecule has 2 aromatic rings. The molecule has 0 saturated heterocycles. The summed E-state index contributed by atoms with van der Waals surface area (Å²) >= 11 is 0. The highest BCUT2D eigenvalue weighted by Gasteiger charge is 2.19. The maximum absolute atomic E-state index is 11.5. The van der Waals surface area contributed by atoms with E-state index in [-0.39, 0.29) is 0 Å². The quantitative estimate of drug-likeness (QED) is 0.623. The van der Waals surface area contributed by atoms with Gasteiger partial charge in [-0.25, -0.2) is 0 Å². The number of carbonyl (C=O) groups is 1. The molecule has 0 unspecified atom stereocenters. The number of ether oxygens (including phenoxy) is 4. The standard InChI is InChI=1S/C18H20O5/c1-11-8-15(18(23-12(2)19)17(9-11)22-5)14-7-6-13(20-3)10-16(14)21-4/h6-10H,1-5H3. The lowest BCUT2D eigenvalue weighted by atomic mass is 10.00. The Kier molecular flexibility index (Phi) is 5.11. The van der Waals surface area contributed by atoms with E-state index in [0.29, 0.717) is 23.0 Å². The molecule has 0 saturated carbocycles. The second-order valence-electron chi connectivity index (χ2n) is 5.00. The highest BCUT2D eigenvalue weighted by molar-refractivity contribution is 5.83. The van der Waals surface area contributed by atoms with Gasteiger partial charge in [0, 0.05) is 24.1 Å². The third kappa shape index (κ3) is 3.56. The van der Waals surface area contributed by atoms with Crippen LogP contribution in [-0.4, -0.2) is 27.3 Å². The zero-order chi connectivity index (χ0) is 17.0. The second kappa shape index (κ2) is 7.05. The fourth-order valence-electron chi connectivity index (χ4n) is 2.36. The van der Waals surface area contributed by atoms with Gasteiger partial charge in [-0.3, -0.25) is 4.79 Å². The highest BCUT2D eigenvalue weighted by atomic mass is 16.6. The molecule has 23 heavy (non-hydrogen) atoms. The lowest BCUT2D eigenvalue weighted by molar-refractivity contribution is -0.131. The zero-order valence-electron chi connectivity index (χ0n) is 13.9. The van der Waals surface area contributed by atoms with Crippen LogP contribution < -0.4 is 18.9 Å². The number of benzene rings is 2. The van der Waals surface area contributed by atoms with Gasteiger partial charge in [0.15, 0.2) is 11.5 Å². The van der Waals surface area contributed by atoms with Crippen molar-refractivity contribution in [3.63, 3.8) is 0 Å². The molecule has 0 amide bonds. The van der Waals surface area contributed by atoms with Gasteiger partial charge in [0.05, 0.1) is 21.3 Å². The van der Waals surface area contributed by atoms with Crippen LogP contribution in [0.4, 0.5) is 0 Å². The number of carbonyl (C=O) groups excluding carboxylic acids is 1. The van der Waals surface area contributed by atoms with Crippen LogP contribution in [0, 0.1) is 6.92 Å². The number of esters is 1. The van der Waals surface area contributed by atoms with Crippen molar-refractivity contribution >= 4 is 5.97 Å². The Bertz CT molecular complexity index is 722. The monoisotopic (exact) mass is 316 g/mol. The molecule has 0 aromatic heterocycles. The van der Waals surface area contributed by atoms with Crippen LogP contribution >= 0.6 is 0 Å². The van der Waals surface area contributed by atoms with Crippen LogP contribution in [0.2, 0.25) is 0 Å². The van der Waals surface area contributed by atoms with E-state index in [4.69, 9.17) is 18.9 Å². The predicted molar refractivity (Wildman–Crippen MR) is 87.6 cm³/mol. The average Bonchev–Trinajstić information content (AvgIpc) is 2.54. The molecule has 2 rings (SSSR count). The largest absolute Gasteiger partial charge is 0.497 e. The van der Waals surface area contributed by atoms with Crippen molar-refractivity contribution in [3.05, 3.63) is 35.9 Å². The first-order valence-electron chi connectivity index (χ1n) is 7.09. The van der Waals surface area contributed by atoms with Crippen LogP contribution in [0.1, 0.15) is 12.5 Å². The van der Waals surface area contributed by atoms with Crippen molar-refractivity contribution in [2.75, 3.05) is 21.3 Å². The molecule has 0 aliphatic carbocycles.